The first-order chi connectivity index (χ1) is 9.63. The van der Waals surface area contributed by atoms with E-state index in [1.165, 1.54) is 0 Å². The Morgan fingerprint density at radius 3 is 2.95 bits per heavy atom. The number of piperidine rings is 1. The zero-order chi connectivity index (χ0) is 14.5. The van der Waals surface area contributed by atoms with Gasteiger partial charge in [0.05, 0.1) is 4.47 Å². The Labute approximate surface area is 128 Å². The quantitative estimate of drug-likeness (QED) is 0.916. The molecule has 1 aliphatic rings. The van der Waals surface area contributed by atoms with E-state index in [9.17, 15) is 4.79 Å². The van der Waals surface area contributed by atoms with Gasteiger partial charge in [0.25, 0.3) is 5.91 Å². The number of nitrogens with zero attached hydrogens (tertiary/aromatic N) is 1. The lowest BCUT2D eigenvalue weighted by molar-refractivity contribution is -0.141. The van der Waals surface area contributed by atoms with Crippen LogP contribution in [0.4, 0.5) is 0 Å². The number of rotatable bonds is 4. The third-order valence-electron chi connectivity index (χ3n) is 3.67. The molecule has 1 saturated heterocycles. The van der Waals surface area contributed by atoms with Crippen LogP contribution in [0.1, 0.15) is 26.2 Å². The summed E-state index contributed by atoms with van der Waals surface area (Å²) >= 11 is 3.43. The molecule has 1 heterocycles. The summed E-state index contributed by atoms with van der Waals surface area (Å²) in [7, 11) is 0. The second kappa shape index (κ2) is 7.09. The van der Waals surface area contributed by atoms with E-state index in [-0.39, 0.29) is 11.9 Å². The van der Waals surface area contributed by atoms with Gasteiger partial charge in [-0.15, -0.1) is 0 Å². The van der Waals surface area contributed by atoms with Crippen LogP contribution in [0.25, 0.3) is 0 Å². The lowest BCUT2D eigenvalue weighted by atomic mass is 10.0. The van der Waals surface area contributed by atoms with Crippen LogP contribution in [-0.2, 0) is 4.79 Å². The standard InChI is InChI=1S/C15H21BrN2O2/c1-11(20-14-8-3-2-7-13(14)16)15(19)18-9-5-4-6-12(18)10-17/h2-3,7-8,11-12H,4-6,9-10,17H2,1H3. The number of carbonyl (C=O) groups is 1. The van der Waals surface area contributed by atoms with Crippen molar-refractivity contribution in [1.82, 2.24) is 4.90 Å². The van der Waals surface area contributed by atoms with Crippen molar-refractivity contribution in [3.8, 4) is 5.75 Å². The Morgan fingerprint density at radius 2 is 2.25 bits per heavy atom. The van der Waals surface area contributed by atoms with Gasteiger partial charge in [-0.1, -0.05) is 12.1 Å². The SMILES string of the molecule is CC(Oc1ccccc1Br)C(=O)N1CCCCC1CN. The fourth-order valence-electron chi connectivity index (χ4n) is 2.55. The van der Waals surface area contributed by atoms with Crippen molar-refractivity contribution in [2.75, 3.05) is 13.1 Å². The number of carbonyl (C=O) groups excluding carboxylic acids is 1. The molecular weight excluding hydrogens is 320 g/mol. The normalized spacial score (nSPS) is 20.6. The molecule has 0 aromatic heterocycles. The van der Waals surface area contributed by atoms with Gasteiger partial charge in [-0.25, -0.2) is 0 Å². The first kappa shape index (κ1) is 15.3. The maximum absolute atomic E-state index is 12.5. The zero-order valence-corrected chi connectivity index (χ0v) is 13.3. The van der Waals surface area contributed by atoms with E-state index < -0.39 is 6.10 Å². The molecule has 2 rings (SSSR count). The number of hydrogen-bond donors (Lipinski definition) is 1. The smallest absolute Gasteiger partial charge is 0.263 e. The molecule has 2 N–H and O–H groups in total. The zero-order valence-electron chi connectivity index (χ0n) is 11.7. The summed E-state index contributed by atoms with van der Waals surface area (Å²) in [6.45, 7) is 3.10. The summed E-state index contributed by atoms with van der Waals surface area (Å²) in [5.74, 6) is 0.713. The Bertz CT molecular complexity index is 467. The maximum Gasteiger partial charge on any atom is 0.263 e. The summed E-state index contributed by atoms with van der Waals surface area (Å²) in [4.78, 5) is 14.4. The van der Waals surface area contributed by atoms with E-state index in [2.05, 4.69) is 15.9 Å². The van der Waals surface area contributed by atoms with E-state index in [4.69, 9.17) is 10.5 Å². The minimum Gasteiger partial charge on any atom is -0.480 e. The Hall–Kier alpha value is -1.07. The average Bonchev–Trinajstić information content (AvgIpc) is 2.48. The van der Waals surface area contributed by atoms with Gasteiger partial charge in [0.2, 0.25) is 0 Å². The molecule has 1 aromatic carbocycles. The van der Waals surface area contributed by atoms with Gasteiger partial charge in [-0.2, -0.15) is 0 Å². The molecule has 0 aliphatic carbocycles. The summed E-state index contributed by atoms with van der Waals surface area (Å²) < 4.78 is 6.63. The molecule has 5 heteroatoms. The van der Waals surface area contributed by atoms with Crippen LogP contribution in [0, 0.1) is 0 Å². The summed E-state index contributed by atoms with van der Waals surface area (Å²) in [6.07, 6.45) is 2.68. The molecule has 2 atom stereocenters. The molecular formula is C15H21BrN2O2. The van der Waals surface area contributed by atoms with Gasteiger partial charge < -0.3 is 15.4 Å². The lowest BCUT2D eigenvalue weighted by Gasteiger charge is -2.36. The van der Waals surface area contributed by atoms with Crippen LogP contribution in [0.5, 0.6) is 5.75 Å². The van der Waals surface area contributed by atoms with Crippen LogP contribution in [-0.4, -0.2) is 36.0 Å². The first-order valence-electron chi connectivity index (χ1n) is 7.05. The Morgan fingerprint density at radius 1 is 1.50 bits per heavy atom. The van der Waals surface area contributed by atoms with Crippen molar-refractivity contribution in [2.24, 2.45) is 5.73 Å². The van der Waals surface area contributed by atoms with Crippen molar-refractivity contribution in [3.05, 3.63) is 28.7 Å². The first-order valence-corrected chi connectivity index (χ1v) is 7.84. The fourth-order valence-corrected chi connectivity index (χ4v) is 2.93. The second-order valence-electron chi connectivity index (χ2n) is 5.11. The molecule has 1 aliphatic heterocycles. The highest BCUT2D eigenvalue weighted by Gasteiger charge is 2.29. The van der Waals surface area contributed by atoms with E-state index in [1.54, 1.807) is 6.92 Å². The van der Waals surface area contributed by atoms with Crippen LogP contribution in [0.2, 0.25) is 0 Å². The van der Waals surface area contributed by atoms with E-state index in [0.717, 1.165) is 30.3 Å². The highest BCUT2D eigenvalue weighted by molar-refractivity contribution is 9.10. The fraction of sp³-hybridized carbons (Fsp3) is 0.533. The molecule has 4 nitrogen and oxygen atoms in total. The molecule has 0 spiro atoms. The number of benzene rings is 1. The van der Waals surface area contributed by atoms with E-state index in [0.29, 0.717) is 12.3 Å². The van der Waals surface area contributed by atoms with Crippen LogP contribution < -0.4 is 10.5 Å². The third kappa shape index (κ3) is 3.52. The number of nitrogens with two attached hydrogens (primary N) is 1. The monoisotopic (exact) mass is 340 g/mol. The minimum absolute atomic E-state index is 0.0240. The van der Waals surface area contributed by atoms with Gasteiger partial charge in [0.1, 0.15) is 5.75 Å². The molecule has 0 saturated carbocycles. The number of ether oxygens (including phenoxy) is 1. The molecule has 0 radical (unpaired) electrons. The minimum atomic E-state index is -0.499. The lowest BCUT2D eigenvalue weighted by Crippen LogP contribution is -2.51. The molecule has 20 heavy (non-hydrogen) atoms. The predicted octanol–water partition coefficient (Wildman–Crippen LogP) is 2.56. The summed E-state index contributed by atoms with van der Waals surface area (Å²) in [5, 5.41) is 0. The number of hydrogen-bond acceptors (Lipinski definition) is 3. The number of halogens is 1. The van der Waals surface area contributed by atoms with Crippen LogP contribution in [0.15, 0.2) is 28.7 Å². The molecule has 1 fully saturated rings. The van der Waals surface area contributed by atoms with Gasteiger partial charge in [0, 0.05) is 19.1 Å². The molecule has 1 amide bonds. The topological polar surface area (TPSA) is 55.6 Å². The number of likely N-dealkylation sites (tertiary alicyclic amines) is 1. The largest absolute Gasteiger partial charge is 0.480 e. The number of para-hydroxylation sites is 1. The Kier molecular flexibility index (Phi) is 5.43. The van der Waals surface area contributed by atoms with Gasteiger partial charge in [-0.3, -0.25) is 4.79 Å². The van der Waals surface area contributed by atoms with Crippen molar-refractivity contribution < 1.29 is 9.53 Å². The van der Waals surface area contributed by atoms with Crippen LogP contribution >= 0.6 is 15.9 Å². The van der Waals surface area contributed by atoms with E-state index >= 15 is 0 Å². The van der Waals surface area contributed by atoms with Crippen molar-refractivity contribution in [1.29, 1.82) is 0 Å². The third-order valence-corrected chi connectivity index (χ3v) is 4.33. The van der Waals surface area contributed by atoms with Gasteiger partial charge in [0.15, 0.2) is 6.10 Å². The van der Waals surface area contributed by atoms with Crippen molar-refractivity contribution in [3.63, 3.8) is 0 Å². The molecule has 1 aromatic rings. The second-order valence-corrected chi connectivity index (χ2v) is 5.96. The molecule has 110 valence electrons. The van der Waals surface area contributed by atoms with Gasteiger partial charge >= 0.3 is 0 Å². The average molecular weight is 341 g/mol. The molecule has 0 bridgehead atoms. The highest BCUT2D eigenvalue weighted by atomic mass is 79.9. The predicted molar refractivity (Wildman–Crippen MR) is 82.6 cm³/mol. The van der Waals surface area contributed by atoms with Crippen molar-refractivity contribution in [2.45, 2.75) is 38.3 Å². The Balaban J connectivity index is 2.03. The maximum atomic E-state index is 12.5. The highest BCUT2D eigenvalue weighted by Crippen LogP contribution is 2.26. The number of amides is 1. The summed E-state index contributed by atoms with van der Waals surface area (Å²) in [5.41, 5.74) is 5.77. The van der Waals surface area contributed by atoms with E-state index in [1.807, 2.05) is 29.2 Å². The van der Waals surface area contributed by atoms with Gasteiger partial charge in [-0.05, 0) is 54.2 Å². The summed E-state index contributed by atoms with van der Waals surface area (Å²) in [6, 6.07) is 7.71. The van der Waals surface area contributed by atoms with Crippen LogP contribution in [0.3, 0.4) is 0 Å². The molecule has 2 unspecified atom stereocenters. The van der Waals surface area contributed by atoms with Crippen molar-refractivity contribution >= 4 is 21.8 Å².